The molecule has 0 saturated heterocycles. The number of carbonyl (C=O) groups is 1. The maximum Gasteiger partial charge on any atom is 0.210 e. The first-order valence-corrected chi connectivity index (χ1v) is 10.1. The van der Waals surface area contributed by atoms with E-state index in [1.807, 2.05) is 43.5 Å². The van der Waals surface area contributed by atoms with E-state index in [4.69, 9.17) is 4.74 Å². The van der Waals surface area contributed by atoms with E-state index in [-0.39, 0.29) is 5.78 Å². The number of nitrogens with zero attached hydrogens (tertiary/aromatic N) is 3. The fourth-order valence-electron chi connectivity index (χ4n) is 4.43. The third-order valence-corrected chi connectivity index (χ3v) is 6.12. The molecule has 146 valence electrons. The standard InChI is InChI=1S/C24H23N3O2/c1-3-17-9-11-24(12-10-17)23(28)21(18-6-4-5-16(2)13-18)22(29-24)19-7-8-20-25-15-26-27(20)14-19/h3-8,13-15H,9-12H2,1-2H3. The number of fused-ring (bicyclic) bond motifs is 1. The molecule has 3 heterocycles. The minimum absolute atomic E-state index is 0.104. The number of allylic oxidation sites excluding steroid dienone is 2. The van der Waals surface area contributed by atoms with Crippen molar-refractivity contribution in [3.63, 3.8) is 0 Å². The molecule has 5 nitrogen and oxygen atoms in total. The highest BCUT2D eigenvalue weighted by Gasteiger charge is 2.50. The first-order valence-electron chi connectivity index (χ1n) is 10.1. The smallest absolute Gasteiger partial charge is 0.210 e. The number of ether oxygens (including phenoxy) is 1. The van der Waals surface area contributed by atoms with Crippen LogP contribution in [0.5, 0.6) is 0 Å². The van der Waals surface area contributed by atoms with Crippen molar-refractivity contribution in [2.75, 3.05) is 0 Å². The number of hydrogen-bond donors (Lipinski definition) is 0. The van der Waals surface area contributed by atoms with Gasteiger partial charge in [0.2, 0.25) is 5.78 Å². The molecular weight excluding hydrogens is 362 g/mol. The van der Waals surface area contributed by atoms with Gasteiger partial charge in [-0.2, -0.15) is 5.10 Å². The molecule has 0 unspecified atom stereocenters. The number of benzene rings is 1. The van der Waals surface area contributed by atoms with Crippen molar-refractivity contribution in [1.29, 1.82) is 0 Å². The molecule has 2 aromatic heterocycles. The van der Waals surface area contributed by atoms with Crippen LogP contribution in [0.15, 0.2) is 60.6 Å². The van der Waals surface area contributed by atoms with Gasteiger partial charge in [-0.15, -0.1) is 0 Å². The average molecular weight is 385 g/mol. The second kappa shape index (κ2) is 6.69. The van der Waals surface area contributed by atoms with Crippen LogP contribution in [-0.2, 0) is 9.53 Å². The summed E-state index contributed by atoms with van der Waals surface area (Å²) in [4.78, 5) is 18.0. The fourth-order valence-corrected chi connectivity index (χ4v) is 4.43. The van der Waals surface area contributed by atoms with Gasteiger partial charge >= 0.3 is 0 Å². The zero-order valence-electron chi connectivity index (χ0n) is 16.7. The molecule has 5 heteroatoms. The lowest BCUT2D eigenvalue weighted by Crippen LogP contribution is -2.39. The van der Waals surface area contributed by atoms with Gasteiger partial charge in [-0.05, 0) is 57.2 Å². The molecule has 1 spiro atoms. The van der Waals surface area contributed by atoms with Crippen molar-refractivity contribution in [1.82, 2.24) is 14.6 Å². The summed E-state index contributed by atoms with van der Waals surface area (Å²) in [6, 6.07) is 12.0. The molecule has 1 aromatic carbocycles. The zero-order valence-corrected chi connectivity index (χ0v) is 16.7. The number of ketones is 1. The van der Waals surface area contributed by atoms with Gasteiger partial charge in [0, 0.05) is 11.8 Å². The van der Waals surface area contributed by atoms with E-state index in [0.29, 0.717) is 11.3 Å². The molecule has 0 bridgehead atoms. The van der Waals surface area contributed by atoms with E-state index in [2.05, 4.69) is 29.1 Å². The molecule has 2 aliphatic rings. The van der Waals surface area contributed by atoms with E-state index < -0.39 is 5.60 Å². The van der Waals surface area contributed by atoms with Crippen LogP contribution in [0.1, 0.15) is 49.3 Å². The Labute approximate surface area is 169 Å². The maximum atomic E-state index is 13.7. The minimum atomic E-state index is -0.766. The van der Waals surface area contributed by atoms with Gasteiger partial charge in [0.25, 0.3) is 0 Å². The van der Waals surface area contributed by atoms with Crippen LogP contribution >= 0.6 is 0 Å². The summed E-state index contributed by atoms with van der Waals surface area (Å²) in [6.07, 6.45) is 8.82. The molecule has 29 heavy (non-hydrogen) atoms. The number of aromatic nitrogens is 3. The first kappa shape index (κ1) is 17.9. The highest BCUT2D eigenvalue weighted by Crippen LogP contribution is 2.48. The van der Waals surface area contributed by atoms with Crippen LogP contribution in [-0.4, -0.2) is 26.0 Å². The van der Waals surface area contributed by atoms with Gasteiger partial charge in [-0.3, -0.25) is 4.79 Å². The molecule has 0 radical (unpaired) electrons. The van der Waals surface area contributed by atoms with Crippen molar-refractivity contribution in [3.8, 4) is 0 Å². The lowest BCUT2D eigenvalue weighted by Gasteiger charge is -2.33. The second-order valence-corrected chi connectivity index (χ2v) is 7.93. The number of hydrogen-bond acceptors (Lipinski definition) is 4. The number of Topliss-reactive ketones (excluding diaryl/α,β-unsaturated/α-hetero) is 1. The summed E-state index contributed by atoms with van der Waals surface area (Å²) >= 11 is 0. The minimum Gasteiger partial charge on any atom is -0.478 e. The van der Waals surface area contributed by atoms with E-state index in [9.17, 15) is 4.79 Å². The van der Waals surface area contributed by atoms with Crippen LogP contribution in [0.4, 0.5) is 0 Å². The van der Waals surface area contributed by atoms with Gasteiger partial charge < -0.3 is 4.74 Å². The molecule has 0 atom stereocenters. The Morgan fingerprint density at radius 2 is 1.97 bits per heavy atom. The quantitative estimate of drug-likeness (QED) is 0.597. The van der Waals surface area contributed by atoms with Crippen LogP contribution in [0.2, 0.25) is 0 Å². The van der Waals surface area contributed by atoms with Gasteiger partial charge in [0.1, 0.15) is 12.1 Å². The molecule has 0 amide bonds. The summed E-state index contributed by atoms with van der Waals surface area (Å²) in [6.45, 7) is 4.11. The SMILES string of the molecule is CC=C1CCC2(CC1)OC(c1ccc3ncnn3c1)=C(c1cccc(C)c1)C2=O. The number of carbonyl (C=O) groups excluding carboxylic acids is 1. The van der Waals surface area contributed by atoms with Crippen LogP contribution < -0.4 is 0 Å². The highest BCUT2D eigenvalue weighted by atomic mass is 16.5. The summed E-state index contributed by atoms with van der Waals surface area (Å²) in [5, 5.41) is 4.24. The molecule has 1 aliphatic carbocycles. The third kappa shape index (κ3) is 2.89. The summed E-state index contributed by atoms with van der Waals surface area (Å²) in [7, 11) is 0. The Morgan fingerprint density at radius 1 is 1.14 bits per heavy atom. The summed E-state index contributed by atoms with van der Waals surface area (Å²) < 4.78 is 8.27. The molecule has 1 fully saturated rings. The van der Waals surface area contributed by atoms with E-state index in [1.165, 1.54) is 11.9 Å². The average Bonchev–Trinajstić information content (AvgIpc) is 3.31. The number of rotatable bonds is 2. The molecule has 0 N–H and O–H groups in total. The van der Waals surface area contributed by atoms with Crippen molar-refractivity contribution < 1.29 is 9.53 Å². The number of aryl methyl sites for hydroxylation is 1. The highest BCUT2D eigenvalue weighted by molar-refractivity contribution is 6.33. The van der Waals surface area contributed by atoms with Crippen molar-refractivity contribution >= 4 is 22.8 Å². The Kier molecular flexibility index (Phi) is 4.12. The molecule has 3 aromatic rings. The van der Waals surface area contributed by atoms with E-state index >= 15 is 0 Å². The second-order valence-electron chi connectivity index (χ2n) is 7.93. The van der Waals surface area contributed by atoms with Gasteiger partial charge in [0.15, 0.2) is 11.2 Å². The third-order valence-electron chi connectivity index (χ3n) is 6.12. The maximum absolute atomic E-state index is 13.7. The molecular formula is C24H23N3O2. The molecule has 1 aliphatic heterocycles. The van der Waals surface area contributed by atoms with Gasteiger partial charge in [0.05, 0.1) is 5.57 Å². The van der Waals surface area contributed by atoms with E-state index in [0.717, 1.165) is 48.0 Å². The zero-order chi connectivity index (χ0) is 20.0. The van der Waals surface area contributed by atoms with Gasteiger partial charge in [-0.25, -0.2) is 9.50 Å². The van der Waals surface area contributed by atoms with Crippen molar-refractivity contribution in [2.24, 2.45) is 0 Å². The predicted molar refractivity (Wildman–Crippen MR) is 112 cm³/mol. The van der Waals surface area contributed by atoms with Crippen LogP contribution in [0.3, 0.4) is 0 Å². The lowest BCUT2D eigenvalue weighted by molar-refractivity contribution is -0.129. The normalized spacial score (nSPS) is 21.9. The Morgan fingerprint density at radius 3 is 2.72 bits per heavy atom. The van der Waals surface area contributed by atoms with E-state index in [1.54, 1.807) is 4.52 Å². The molecule has 1 saturated carbocycles. The Balaban J connectivity index is 1.65. The first-order chi connectivity index (χ1) is 14.1. The van der Waals surface area contributed by atoms with Crippen LogP contribution in [0, 0.1) is 6.92 Å². The largest absolute Gasteiger partial charge is 0.478 e. The Bertz CT molecular complexity index is 1180. The summed E-state index contributed by atoms with van der Waals surface area (Å²) in [5.74, 6) is 0.758. The topological polar surface area (TPSA) is 56.5 Å². The monoisotopic (exact) mass is 385 g/mol. The predicted octanol–water partition coefficient (Wildman–Crippen LogP) is 4.76. The fraction of sp³-hybridized carbons (Fsp3) is 0.292. The lowest BCUT2D eigenvalue weighted by atomic mass is 9.77. The Hall–Kier alpha value is -3.21. The van der Waals surface area contributed by atoms with Gasteiger partial charge in [-0.1, -0.05) is 41.5 Å². The summed E-state index contributed by atoms with van der Waals surface area (Å²) in [5.41, 5.74) is 4.96. The van der Waals surface area contributed by atoms with Crippen LogP contribution in [0.25, 0.3) is 17.0 Å². The van der Waals surface area contributed by atoms with Crippen molar-refractivity contribution in [2.45, 2.75) is 45.1 Å². The molecule has 5 rings (SSSR count). The number of pyridine rings is 1. The van der Waals surface area contributed by atoms with Crippen molar-refractivity contribution in [3.05, 3.63) is 77.3 Å².